The van der Waals surface area contributed by atoms with Crippen molar-refractivity contribution in [3.05, 3.63) is 69.8 Å². The summed E-state index contributed by atoms with van der Waals surface area (Å²) in [6.07, 6.45) is 0.830. The van der Waals surface area contributed by atoms with Crippen molar-refractivity contribution in [2.75, 3.05) is 7.11 Å². The van der Waals surface area contributed by atoms with Crippen LogP contribution in [0.2, 0.25) is 0 Å². The summed E-state index contributed by atoms with van der Waals surface area (Å²) in [5.41, 5.74) is 5.02. The minimum Gasteiger partial charge on any atom is -0.497 e. The molecule has 0 unspecified atom stereocenters. The highest BCUT2D eigenvalue weighted by Gasteiger charge is 2.21. The first-order chi connectivity index (χ1) is 10.7. The number of benzene rings is 3. The molecule has 0 heterocycles. The first-order valence-electron chi connectivity index (χ1n) is 7.04. The molecule has 0 aromatic heterocycles. The molecule has 0 N–H and O–H groups in total. The maximum atomic E-state index is 10.9. The Morgan fingerprint density at radius 3 is 2.64 bits per heavy atom. The summed E-state index contributed by atoms with van der Waals surface area (Å²) in [5.74, 6) is 0.853. The number of nitro benzene ring substituents is 1. The molecule has 0 aliphatic heterocycles. The van der Waals surface area contributed by atoms with E-state index in [4.69, 9.17) is 4.74 Å². The van der Waals surface area contributed by atoms with Gasteiger partial charge in [-0.2, -0.15) is 0 Å². The lowest BCUT2D eigenvalue weighted by molar-refractivity contribution is -0.384. The molecule has 3 aromatic rings. The molecule has 0 fully saturated rings. The van der Waals surface area contributed by atoms with Gasteiger partial charge in [-0.25, -0.2) is 0 Å². The van der Waals surface area contributed by atoms with E-state index < -0.39 is 0 Å². The van der Waals surface area contributed by atoms with Gasteiger partial charge in [-0.1, -0.05) is 18.2 Å². The van der Waals surface area contributed by atoms with E-state index in [1.165, 1.54) is 22.3 Å². The van der Waals surface area contributed by atoms with E-state index in [1.807, 2.05) is 18.2 Å². The van der Waals surface area contributed by atoms with Gasteiger partial charge in [0.05, 0.1) is 12.0 Å². The Kier molecular flexibility index (Phi) is 2.66. The Hall–Kier alpha value is -2.88. The fraction of sp³-hybridized carbons (Fsp3) is 0.111. The Balaban J connectivity index is 1.91. The van der Waals surface area contributed by atoms with Crippen molar-refractivity contribution in [2.45, 2.75) is 6.42 Å². The minimum atomic E-state index is -0.355. The second kappa shape index (κ2) is 4.56. The largest absolute Gasteiger partial charge is 0.497 e. The zero-order chi connectivity index (χ0) is 15.3. The Morgan fingerprint density at radius 1 is 1.05 bits per heavy atom. The average Bonchev–Trinajstić information content (AvgIpc) is 2.92. The van der Waals surface area contributed by atoms with E-state index in [0.29, 0.717) is 0 Å². The third-order valence-electron chi connectivity index (χ3n) is 4.30. The first kappa shape index (κ1) is 12.8. The third-order valence-corrected chi connectivity index (χ3v) is 4.30. The highest BCUT2D eigenvalue weighted by Crippen LogP contribution is 2.42. The Labute approximate surface area is 127 Å². The van der Waals surface area contributed by atoms with Crippen LogP contribution in [-0.4, -0.2) is 12.0 Å². The van der Waals surface area contributed by atoms with Crippen molar-refractivity contribution in [1.82, 2.24) is 0 Å². The molecule has 0 atom stereocenters. The van der Waals surface area contributed by atoms with Gasteiger partial charge in [0.25, 0.3) is 5.69 Å². The number of non-ortho nitro benzene ring substituents is 1. The molecule has 4 heteroatoms. The molecule has 1 aliphatic carbocycles. The van der Waals surface area contributed by atoms with Crippen LogP contribution in [0.5, 0.6) is 5.75 Å². The lowest BCUT2D eigenvalue weighted by Gasteiger charge is -2.06. The topological polar surface area (TPSA) is 52.4 Å². The number of hydrogen-bond acceptors (Lipinski definition) is 3. The lowest BCUT2D eigenvalue weighted by Crippen LogP contribution is -1.89. The van der Waals surface area contributed by atoms with E-state index in [0.717, 1.165) is 22.9 Å². The van der Waals surface area contributed by atoms with Crippen LogP contribution in [0, 0.1) is 10.1 Å². The van der Waals surface area contributed by atoms with Crippen LogP contribution in [0.25, 0.3) is 21.9 Å². The lowest BCUT2D eigenvalue weighted by atomic mass is 9.99. The van der Waals surface area contributed by atoms with E-state index >= 15 is 0 Å². The van der Waals surface area contributed by atoms with E-state index in [-0.39, 0.29) is 10.6 Å². The number of ether oxygens (including phenoxy) is 1. The molecule has 0 amide bonds. The predicted octanol–water partition coefficient (Wildman–Crippen LogP) is 4.33. The number of fused-ring (bicyclic) bond motifs is 5. The molecule has 0 bridgehead atoms. The quantitative estimate of drug-likeness (QED) is 0.408. The van der Waals surface area contributed by atoms with Gasteiger partial charge in [0.2, 0.25) is 0 Å². The molecule has 0 spiro atoms. The molecule has 3 aromatic carbocycles. The molecule has 0 saturated heterocycles. The highest BCUT2D eigenvalue weighted by atomic mass is 16.6. The van der Waals surface area contributed by atoms with E-state index in [9.17, 15) is 10.1 Å². The van der Waals surface area contributed by atoms with Crippen LogP contribution >= 0.6 is 0 Å². The van der Waals surface area contributed by atoms with Gasteiger partial charge in [0.1, 0.15) is 5.75 Å². The number of rotatable bonds is 2. The number of nitro groups is 1. The highest BCUT2D eigenvalue weighted by molar-refractivity contribution is 5.96. The van der Waals surface area contributed by atoms with Gasteiger partial charge >= 0.3 is 0 Å². The van der Waals surface area contributed by atoms with Crippen molar-refractivity contribution in [2.24, 2.45) is 0 Å². The van der Waals surface area contributed by atoms with E-state index in [2.05, 4.69) is 18.2 Å². The van der Waals surface area contributed by atoms with Gasteiger partial charge in [-0.15, -0.1) is 0 Å². The molecule has 4 nitrogen and oxygen atoms in total. The molecule has 4 rings (SSSR count). The van der Waals surface area contributed by atoms with Crippen molar-refractivity contribution in [1.29, 1.82) is 0 Å². The van der Waals surface area contributed by atoms with Gasteiger partial charge in [-0.05, 0) is 57.6 Å². The number of nitrogens with zero attached hydrogens (tertiary/aromatic N) is 1. The van der Waals surface area contributed by atoms with Gasteiger partial charge in [0.15, 0.2) is 0 Å². The zero-order valence-corrected chi connectivity index (χ0v) is 12.0. The van der Waals surface area contributed by atoms with Crippen LogP contribution in [-0.2, 0) is 6.42 Å². The van der Waals surface area contributed by atoms with Crippen molar-refractivity contribution < 1.29 is 9.66 Å². The molecule has 108 valence electrons. The maximum Gasteiger partial charge on any atom is 0.270 e. The summed E-state index contributed by atoms with van der Waals surface area (Å²) < 4.78 is 5.29. The van der Waals surface area contributed by atoms with Crippen molar-refractivity contribution in [3.63, 3.8) is 0 Å². The van der Waals surface area contributed by atoms with Crippen LogP contribution in [0.4, 0.5) is 5.69 Å². The van der Waals surface area contributed by atoms with Crippen LogP contribution in [0.3, 0.4) is 0 Å². The van der Waals surface area contributed by atoms with Crippen molar-refractivity contribution in [3.8, 4) is 16.9 Å². The van der Waals surface area contributed by atoms with Crippen LogP contribution in [0.15, 0.2) is 48.5 Å². The molecular weight excluding hydrogens is 278 g/mol. The first-order valence-corrected chi connectivity index (χ1v) is 7.04. The van der Waals surface area contributed by atoms with E-state index in [1.54, 1.807) is 19.2 Å². The molecule has 0 radical (unpaired) electrons. The summed E-state index contributed by atoms with van der Waals surface area (Å²) >= 11 is 0. The second-order valence-corrected chi connectivity index (χ2v) is 5.45. The second-order valence-electron chi connectivity index (χ2n) is 5.45. The molecule has 0 saturated carbocycles. The fourth-order valence-electron chi connectivity index (χ4n) is 3.23. The van der Waals surface area contributed by atoms with Crippen molar-refractivity contribution >= 4 is 16.5 Å². The number of methoxy groups -OCH3 is 1. The Morgan fingerprint density at radius 2 is 1.86 bits per heavy atom. The van der Waals surface area contributed by atoms with Crippen LogP contribution < -0.4 is 4.74 Å². The minimum absolute atomic E-state index is 0.129. The van der Waals surface area contributed by atoms with Crippen LogP contribution in [0.1, 0.15) is 11.1 Å². The average molecular weight is 291 g/mol. The third kappa shape index (κ3) is 1.77. The summed E-state index contributed by atoms with van der Waals surface area (Å²) in [6, 6.07) is 15.2. The zero-order valence-electron chi connectivity index (χ0n) is 12.0. The predicted molar refractivity (Wildman–Crippen MR) is 85.4 cm³/mol. The van der Waals surface area contributed by atoms with Gasteiger partial charge < -0.3 is 4.74 Å². The summed E-state index contributed by atoms with van der Waals surface area (Å²) in [5, 5.41) is 12.9. The Bertz CT molecular complexity index is 931. The smallest absolute Gasteiger partial charge is 0.270 e. The molecule has 22 heavy (non-hydrogen) atoms. The van der Waals surface area contributed by atoms with Gasteiger partial charge in [-0.3, -0.25) is 10.1 Å². The summed E-state index contributed by atoms with van der Waals surface area (Å²) in [4.78, 5) is 10.6. The normalized spacial score (nSPS) is 12.0. The molecular formula is C18H13NO3. The molecule has 1 aliphatic rings. The SMILES string of the molecule is COc1ccc2c(c1)Cc1c-2ccc2cc([N+](=O)[O-])ccc12. The maximum absolute atomic E-state index is 10.9. The summed E-state index contributed by atoms with van der Waals surface area (Å²) in [6.45, 7) is 0. The monoisotopic (exact) mass is 291 g/mol. The number of hydrogen-bond donors (Lipinski definition) is 0. The standard InChI is InChI=1S/C18H13NO3/c1-22-14-4-7-16-12(9-14)10-18-15-6-3-13(19(20)21)8-11(15)2-5-17(16)18/h2-9H,10H2,1H3. The summed E-state index contributed by atoms with van der Waals surface area (Å²) in [7, 11) is 1.67. The van der Waals surface area contributed by atoms with Gasteiger partial charge in [0, 0.05) is 12.1 Å². The fourth-order valence-corrected chi connectivity index (χ4v) is 3.23.